The average molecular weight is 236 g/mol. The molecule has 3 N–H and O–H groups in total. The number of hydrogen-bond donors (Lipinski definition) is 2. The van der Waals surface area contributed by atoms with Gasteiger partial charge in [-0.15, -0.1) is 0 Å². The minimum absolute atomic E-state index is 0.235. The van der Waals surface area contributed by atoms with Gasteiger partial charge in [-0.3, -0.25) is 4.79 Å². The molecule has 4 bridgehead atoms. The summed E-state index contributed by atoms with van der Waals surface area (Å²) in [6.07, 6.45) is 7.28. The zero-order valence-electron chi connectivity index (χ0n) is 10.7. The van der Waals surface area contributed by atoms with E-state index in [0.29, 0.717) is 12.6 Å². The average Bonchev–Trinajstić information content (AvgIpc) is 2.24. The van der Waals surface area contributed by atoms with E-state index in [1.165, 1.54) is 32.1 Å². The first-order valence-corrected chi connectivity index (χ1v) is 7.15. The highest BCUT2D eigenvalue weighted by Gasteiger charge is 2.49. The molecule has 0 aromatic heterocycles. The van der Waals surface area contributed by atoms with Crippen LogP contribution in [-0.4, -0.2) is 18.5 Å². The summed E-state index contributed by atoms with van der Waals surface area (Å²) in [7, 11) is 0. The number of nitrogens with one attached hydrogen (secondary N) is 1. The van der Waals surface area contributed by atoms with E-state index in [9.17, 15) is 4.79 Å². The van der Waals surface area contributed by atoms with E-state index in [1.807, 2.05) is 0 Å². The smallest absolute Gasteiger partial charge is 0.231 e. The van der Waals surface area contributed by atoms with Gasteiger partial charge in [0, 0.05) is 6.04 Å². The molecule has 4 saturated carbocycles. The SMILES string of the molecule is CC(NCC(N)=O)C1C2CC3CC(C2)CC1C3. The third-order valence-corrected chi connectivity index (χ3v) is 5.48. The first-order chi connectivity index (χ1) is 8.13. The van der Waals surface area contributed by atoms with Gasteiger partial charge >= 0.3 is 0 Å². The fourth-order valence-electron chi connectivity index (χ4n) is 5.18. The molecule has 0 saturated heterocycles. The molecule has 17 heavy (non-hydrogen) atoms. The number of hydrogen-bond acceptors (Lipinski definition) is 2. The van der Waals surface area contributed by atoms with Crippen LogP contribution in [0.3, 0.4) is 0 Å². The predicted octanol–water partition coefficient (Wildman–Crippen LogP) is 1.52. The van der Waals surface area contributed by atoms with Crippen LogP contribution in [0.4, 0.5) is 0 Å². The number of amides is 1. The van der Waals surface area contributed by atoms with E-state index in [0.717, 1.165) is 29.6 Å². The van der Waals surface area contributed by atoms with Crippen LogP contribution in [-0.2, 0) is 4.79 Å². The van der Waals surface area contributed by atoms with Crippen molar-refractivity contribution in [3.05, 3.63) is 0 Å². The van der Waals surface area contributed by atoms with Crippen LogP contribution >= 0.6 is 0 Å². The lowest BCUT2D eigenvalue weighted by molar-refractivity contribution is -0.117. The van der Waals surface area contributed by atoms with E-state index >= 15 is 0 Å². The van der Waals surface area contributed by atoms with Gasteiger partial charge in [-0.25, -0.2) is 0 Å². The largest absolute Gasteiger partial charge is 0.369 e. The molecule has 1 unspecified atom stereocenters. The third-order valence-electron chi connectivity index (χ3n) is 5.48. The van der Waals surface area contributed by atoms with Gasteiger partial charge in [0.05, 0.1) is 6.54 Å². The molecule has 1 amide bonds. The van der Waals surface area contributed by atoms with Crippen LogP contribution in [0, 0.1) is 29.6 Å². The molecule has 0 aromatic carbocycles. The fraction of sp³-hybridized carbons (Fsp3) is 0.929. The zero-order chi connectivity index (χ0) is 12.0. The highest BCUT2D eigenvalue weighted by Crippen LogP contribution is 2.57. The Bertz CT molecular complexity index is 287. The Balaban J connectivity index is 1.65. The van der Waals surface area contributed by atoms with Crippen molar-refractivity contribution in [2.45, 2.75) is 45.1 Å². The van der Waals surface area contributed by atoms with Crippen molar-refractivity contribution in [2.24, 2.45) is 35.3 Å². The highest BCUT2D eigenvalue weighted by molar-refractivity contribution is 5.75. The Morgan fingerprint density at radius 1 is 1.18 bits per heavy atom. The Morgan fingerprint density at radius 2 is 1.71 bits per heavy atom. The molecule has 3 heteroatoms. The second-order valence-corrected chi connectivity index (χ2v) is 6.64. The maximum atomic E-state index is 10.9. The van der Waals surface area contributed by atoms with Gasteiger partial charge in [-0.1, -0.05) is 0 Å². The van der Waals surface area contributed by atoms with Gasteiger partial charge < -0.3 is 11.1 Å². The summed E-state index contributed by atoms with van der Waals surface area (Å²) in [6.45, 7) is 2.58. The maximum Gasteiger partial charge on any atom is 0.231 e. The van der Waals surface area contributed by atoms with Crippen molar-refractivity contribution in [1.82, 2.24) is 5.32 Å². The van der Waals surface area contributed by atoms with Gasteiger partial charge in [0.2, 0.25) is 5.91 Å². The number of nitrogens with two attached hydrogens (primary N) is 1. The third kappa shape index (κ3) is 2.10. The van der Waals surface area contributed by atoms with Crippen LogP contribution < -0.4 is 11.1 Å². The summed E-state index contributed by atoms with van der Waals surface area (Å²) in [5, 5.41) is 3.34. The standard InChI is InChI=1S/C14H24N2O/c1-8(16-7-13(15)17)14-11-3-9-2-10(5-11)6-12(14)4-9/h8-12,14,16H,2-7H2,1H3,(H2,15,17). The Hall–Kier alpha value is -0.570. The quantitative estimate of drug-likeness (QED) is 0.777. The molecule has 4 rings (SSSR count). The molecule has 4 fully saturated rings. The van der Waals surface area contributed by atoms with E-state index < -0.39 is 0 Å². The molecule has 1 atom stereocenters. The van der Waals surface area contributed by atoms with Crippen molar-refractivity contribution >= 4 is 5.91 Å². The summed E-state index contributed by atoms with van der Waals surface area (Å²) >= 11 is 0. The summed E-state index contributed by atoms with van der Waals surface area (Å²) in [6, 6.07) is 0.456. The number of carbonyl (C=O) groups is 1. The first-order valence-electron chi connectivity index (χ1n) is 7.15. The van der Waals surface area contributed by atoms with Crippen LogP contribution in [0.2, 0.25) is 0 Å². The number of rotatable bonds is 4. The predicted molar refractivity (Wildman–Crippen MR) is 67.2 cm³/mol. The normalized spacial score (nSPS) is 44.9. The molecular formula is C14H24N2O. The van der Waals surface area contributed by atoms with Crippen LogP contribution in [0.15, 0.2) is 0 Å². The molecule has 96 valence electrons. The molecule has 0 aromatic rings. The number of primary amides is 1. The van der Waals surface area contributed by atoms with E-state index in [2.05, 4.69) is 12.2 Å². The van der Waals surface area contributed by atoms with Crippen molar-refractivity contribution in [2.75, 3.05) is 6.54 Å². The lowest BCUT2D eigenvalue weighted by Crippen LogP contribution is -2.53. The van der Waals surface area contributed by atoms with Gasteiger partial charge in [-0.2, -0.15) is 0 Å². The van der Waals surface area contributed by atoms with E-state index in [1.54, 1.807) is 0 Å². The highest BCUT2D eigenvalue weighted by atomic mass is 16.1. The van der Waals surface area contributed by atoms with Crippen molar-refractivity contribution in [1.29, 1.82) is 0 Å². The summed E-state index contributed by atoms with van der Waals surface area (Å²) < 4.78 is 0. The lowest BCUT2D eigenvalue weighted by Gasteiger charge is -2.56. The summed E-state index contributed by atoms with van der Waals surface area (Å²) in [4.78, 5) is 10.9. The van der Waals surface area contributed by atoms with Crippen molar-refractivity contribution in [3.63, 3.8) is 0 Å². The summed E-state index contributed by atoms with van der Waals surface area (Å²) in [5.41, 5.74) is 5.21. The molecular weight excluding hydrogens is 212 g/mol. The van der Waals surface area contributed by atoms with Gasteiger partial charge in [0.15, 0.2) is 0 Å². The minimum Gasteiger partial charge on any atom is -0.369 e. The molecule has 4 aliphatic rings. The van der Waals surface area contributed by atoms with Crippen molar-refractivity contribution in [3.8, 4) is 0 Å². The Morgan fingerprint density at radius 3 is 2.18 bits per heavy atom. The second kappa shape index (κ2) is 4.27. The summed E-state index contributed by atoms with van der Waals surface area (Å²) in [5.74, 6) is 4.44. The first kappa shape index (κ1) is 11.5. The zero-order valence-corrected chi connectivity index (χ0v) is 10.7. The van der Waals surface area contributed by atoms with E-state index in [4.69, 9.17) is 5.73 Å². The molecule has 0 radical (unpaired) electrons. The number of carbonyl (C=O) groups excluding carboxylic acids is 1. The molecule has 4 aliphatic carbocycles. The van der Waals surface area contributed by atoms with Crippen LogP contribution in [0.25, 0.3) is 0 Å². The Kier molecular flexibility index (Phi) is 2.89. The van der Waals surface area contributed by atoms with Crippen LogP contribution in [0.5, 0.6) is 0 Å². The maximum absolute atomic E-state index is 10.9. The van der Waals surface area contributed by atoms with Gasteiger partial charge in [-0.05, 0) is 68.6 Å². The molecule has 0 heterocycles. The monoisotopic (exact) mass is 236 g/mol. The lowest BCUT2D eigenvalue weighted by atomic mass is 9.50. The Labute approximate surface area is 104 Å². The second-order valence-electron chi connectivity index (χ2n) is 6.64. The topological polar surface area (TPSA) is 55.1 Å². The van der Waals surface area contributed by atoms with E-state index in [-0.39, 0.29) is 5.91 Å². The minimum atomic E-state index is -0.235. The van der Waals surface area contributed by atoms with Crippen LogP contribution in [0.1, 0.15) is 39.0 Å². The fourth-order valence-corrected chi connectivity index (χ4v) is 5.18. The molecule has 3 nitrogen and oxygen atoms in total. The molecule has 0 aliphatic heterocycles. The van der Waals surface area contributed by atoms with Gasteiger partial charge in [0.25, 0.3) is 0 Å². The molecule has 0 spiro atoms. The van der Waals surface area contributed by atoms with Gasteiger partial charge in [0.1, 0.15) is 0 Å². The van der Waals surface area contributed by atoms with Crippen molar-refractivity contribution < 1.29 is 4.79 Å².